The molecule has 2 bridgehead atoms. The fraction of sp³-hybridized carbons (Fsp3) is 0.310. The summed E-state index contributed by atoms with van der Waals surface area (Å²) in [4.78, 5) is 3.75. The summed E-state index contributed by atoms with van der Waals surface area (Å²) in [7, 11) is 0. The van der Waals surface area contributed by atoms with Crippen LogP contribution in [0, 0.1) is 0 Å². The maximum atomic E-state index is 11.6. The summed E-state index contributed by atoms with van der Waals surface area (Å²) < 4.78 is 1.27. The van der Waals surface area contributed by atoms with E-state index in [1.165, 1.54) is 38.8 Å². The van der Waals surface area contributed by atoms with Crippen LogP contribution in [0.5, 0.6) is 0 Å². The third kappa shape index (κ3) is 2.59. The molecule has 0 saturated carbocycles. The molecule has 0 amide bonds. The zero-order valence-corrected chi connectivity index (χ0v) is 18.9. The first-order valence-electron chi connectivity index (χ1n) is 11.8. The number of benzene rings is 3. The highest BCUT2D eigenvalue weighted by molar-refractivity contribution is 7.19. The summed E-state index contributed by atoms with van der Waals surface area (Å²) in [5.41, 5.74) is 5.55. The highest BCUT2D eigenvalue weighted by atomic mass is 32.1. The van der Waals surface area contributed by atoms with Crippen molar-refractivity contribution in [2.45, 2.75) is 36.2 Å². The molecular formula is C29H27NOS. The van der Waals surface area contributed by atoms with Crippen LogP contribution in [-0.4, -0.2) is 29.6 Å². The molecule has 3 aromatic carbocycles. The minimum Gasteiger partial charge on any atom is -0.384 e. The highest BCUT2D eigenvalue weighted by Crippen LogP contribution is 2.60. The second kappa shape index (κ2) is 6.77. The van der Waals surface area contributed by atoms with Gasteiger partial charge in [-0.25, -0.2) is 0 Å². The van der Waals surface area contributed by atoms with Gasteiger partial charge in [-0.3, -0.25) is 0 Å². The molecular weight excluding hydrogens is 410 g/mol. The van der Waals surface area contributed by atoms with Gasteiger partial charge in [-0.15, -0.1) is 11.3 Å². The van der Waals surface area contributed by atoms with E-state index in [1.807, 2.05) is 0 Å². The number of rotatable bonds is 3. The minimum absolute atomic E-state index is 0.102. The van der Waals surface area contributed by atoms with Gasteiger partial charge in [0.05, 0.1) is 0 Å². The lowest BCUT2D eigenvalue weighted by Crippen LogP contribution is -2.47. The fourth-order valence-corrected chi connectivity index (χ4v) is 7.94. The van der Waals surface area contributed by atoms with Gasteiger partial charge in [-0.05, 0) is 59.0 Å². The quantitative estimate of drug-likeness (QED) is 0.424. The summed E-state index contributed by atoms with van der Waals surface area (Å²) in [5, 5.41) is 12.8. The Balaban J connectivity index is 1.17. The highest BCUT2D eigenvalue weighted by Gasteiger charge is 2.53. The Bertz CT molecular complexity index is 1250. The van der Waals surface area contributed by atoms with Crippen molar-refractivity contribution in [1.29, 1.82) is 0 Å². The van der Waals surface area contributed by atoms with E-state index in [0.29, 0.717) is 5.92 Å². The minimum atomic E-state index is -0.693. The van der Waals surface area contributed by atoms with E-state index < -0.39 is 5.60 Å². The van der Waals surface area contributed by atoms with E-state index in [4.69, 9.17) is 0 Å². The van der Waals surface area contributed by atoms with Crippen LogP contribution < -0.4 is 0 Å². The molecule has 32 heavy (non-hydrogen) atoms. The standard InChI is InChI=1S/C29H27NOS/c31-29(27-17-20-7-1-6-12-26(20)32-27)13-15-30(16-14-29)19-28-18-23(21-8-2-4-10-24(21)28)22-9-3-5-11-25(22)28/h1-12,17,23,31H,13-16,18-19H2. The first kappa shape index (κ1) is 19.0. The number of nitrogens with zero attached hydrogens (tertiary/aromatic N) is 1. The van der Waals surface area contributed by atoms with Gasteiger partial charge < -0.3 is 10.0 Å². The lowest BCUT2D eigenvalue weighted by atomic mass is 9.74. The lowest BCUT2D eigenvalue weighted by Gasteiger charge is -2.42. The molecule has 1 N–H and O–H groups in total. The first-order valence-corrected chi connectivity index (χ1v) is 12.6. The topological polar surface area (TPSA) is 23.5 Å². The predicted molar refractivity (Wildman–Crippen MR) is 132 cm³/mol. The van der Waals surface area contributed by atoms with Crippen molar-refractivity contribution in [3.05, 3.63) is 106 Å². The molecule has 0 spiro atoms. The molecule has 3 heteroatoms. The molecule has 2 heterocycles. The second-order valence-electron chi connectivity index (χ2n) is 9.97. The number of aliphatic hydroxyl groups is 1. The zero-order chi connectivity index (χ0) is 21.3. The van der Waals surface area contributed by atoms with Gasteiger partial charge in [0.25, 0.3) is 0 Å². The molecule has 0 unspecified atom stereocenters. The van der Waals surface area contributed by atoms with Crippen LogP contribution in [-0.2, 0) is 11.0 Å². The van der Waals surface area contributed by atoms with Crippen LogP contribution in [0.2, 0.25) is 0 Å². The van der Waals surface area contributed by atoms with Crippen LogP contribution >= 0.6 is 11.3 Å². The average molecular weight is 438 g/mol. The lowest BCUT2D eigenvalue weighted by molar-refractivity contribution is -0.0260. The molecule has 7 rings (SSSR count). The number of piperidine rings is 1. The third-order valence-corrected chi connectivity index (χ3v) is 9.63. The Morgan fingerprint density at radius 2 is 1.47 bits per heavy atom. The van der Waals surface area contributed by atoms with Gasteiger partial charge in [-0.1, -0.05) is 66.7 Å². The number of thiophene rings is 1. The van der Waals surface area contributed by atoms with Crippen molar-refractivity contribution in [1.82, 2.24) is 4.90 Å². The molecule has 0 radical (unpaired) electrons. The van der Waals surface area contributed by atoms with Crippen molar-refractivity contribution >= 4 is 21.4 Å². The van der Waals surface area contributed by atoms with Crippen molar-refractivity contribution in [2.75, 3.05) is 19.6 Å². The molecule has 4 aromatic rings. The molecule has 1 aliphatic heterocycles. The molecule has 1 fully saturated rings. The van der Waals surface area contributed by atoms with Gasteiger partial charge in [0.15, 0.2) is 0 Å². The van der Waals surface area contributed by atoms with E-state index in [1.54, 1.807) is 11.3 Å². The molecule has 1 aromatic heterocycles. The van der Waals surface area contributed by atoms with Crippen LogP contribution in [0.1, 0.15) is 52.3 Å². The predicted octanol–water partition coefficient (Wildman–Crippen LogP) is 6.02. The Morgan fingerprint density at radius 3 is 2.16 bits per heavy atom. The Morgan fingerprint density at radius 1 is 0.844 bits per heavy atom. The first-order chi connectivity index (χ1) is 15.7. The Labute approximate surface area is 193 Å². The van der Waals surface area contributed by atoms with Gasteiger partial charge in [0, 0.05) is 40.5 Å². The Kier molecular flexibility index (Phi) is 4.03. The number of hydrogen-bond donors (Lipinski definition) is 1. The van der Waals surface area contributed by atoms with Crippen LogP contribution in [0.4, 0.5) is 0 Å². The summed E-state index contributed by atoms with van der Waals surface area (Å²) >= 11 is 1.76. The van der Waals surface area contributed by atoms with E-state index in [-0.39, 0.29) is 5.41 Å². The summed E-state index contributed by atoms with van der Waals surface area (Å²) in [6.45, 7) is 2.95. The zero-order valence-electron chi connectivity index (χ0n) is 18.1. The summed E-state index contributed by atoms with van der Waals surface area (Å²) in [6, 6.07) is 28.9. The average Bonchev–Trinajstić information content (AvgIpc) is 3.51. The van der Waals surface area contributed by atoms with E-state index in [9.17, 15) is 5.11 Å². The van der Waals surface area contributed by atoms with E-state index in [2.05, 4.69) is 83.8 Å². The largest absolute Gasteiger partial charge is 0.384 e. The fourth-order valence-electron chi connectivity index (χ4n) is 6.73. The smallest absolute Gasteiger partial charge is 0.101 e. The van der Waals surface area contributed by atoms with Crippen LogP contribution in [0.15, 0.2) is 78.9 Å². The molecule has 0 atom stereocenters. The van der Waals surface area contributed by atoms with E-state index in [0.717, 1.165) is 37.4 Å². The van der Waals surface area contributed by atoms with Crippen molar-refractivity contribution in [2.24, 2.45) is 0 Å². The third-order valence-electron chi connectivity index (χ3n) is 8.32. The van der Waals surface area contributed by atoms with Crippen molar-refractivity contribution in [3.8, 4) is 0 Å². The number of likely N-dealkylation sites (tertiary alicyclic amines) is 1. The molecule has 3 aliphatic rings. The van der Waals surface area contributed by atoms with Crippen molar-refractivity contribution in [3.63, 3.8) is 0 Å². The van der Waals surface area contributed by atoms with Gasteiger partial charge in [0.1, 0.15) is 5.60 Å². The SMILES string of the molecule is OC1(c2cc3ccccc3s2)CCN(CC23CC(c4ccccc42)c2ccccc23)CC1. The number of fused-ring (bicyclic) bond motifs is 9. The second-order valence-corrected chi connectivity index (χ2v) is 11.1. The molecule has 160 valence electrons. The maximum absolute atomic E-state index is 11.6. The van der Waals surface area contributed by atoms with Gasteiger partial charge in [-0.2, -0.15) is 0 Å². The normalized spacial score (nSPS) is 25.7. The van der Waals surface area contributed by atoms with E-state index >= 15 is 0 Å². The number of hydrogen-bond acceptors (Lipinski definition) is 3. The monoisotopic (exact) mass is 437 g/mol. The van der Waals surface area contributed by atoms with Crippen LogP contribution in [0.3, 0.4) is 0 Å². The Hall–Kier alpha value is -2.46. The van der Waals surface area contributed by atoms with Crippen LogP contribution in [0.25, 0.3) is 10.1 Å². The van der Waals surface area contributed by atoms with Gasteiger partial charge >= 0.3 is 0 Å². The van der Waals surface area contributed by atoms with Crippen molar-refractivity contribution < 1.29 is 5.11 Å². The molecule has 2 nitrogen and oxygen atoms in total. The van der Waals surface area contributed by atoms with Gasteiger partial charge in [0.2, 0.25) is 0 Å². The maximum Gasteiger partial charge on any atom is 0.101 e. The summed E-state index contributed by atoms with van der Waals surface area (Å²) in [5.74, 6) is 0.544. The molecule has 1 saturated heterocycles. The molecule has 2 aliphatic carbocycles. The summed E-state index contributed by atoms with van der Waals surface area (Å²) in [6.07, 6.45) is 2.81.